The first-order valence-electron chi connectivity index (χ1n) is 7.80. The Morgan fingerprint density at radius 1 is 1.35 bits per heavy atom. The highest BCUT2D eigenvalue weighted by atomic mass is 16.5. The highest BCUT2D eigenvalue weighted by molar-refractivity contribution is 6.19. The Balaban J connectivity index is 1.94. The summed E-state index contributed by atoms with van der Waals surface area (Å²) >= 11 is 0. The van der Waals surface area contributed by atoms with Crippen molar-refractivity contribution < 1.29 is 23.9 Å². The Morgan fingerprint density at radius 3 is 2.73 bits per heavy atom. The van der Waals surface area contributed by atoms with Crippen LogP contribution in [0.4, 0.5) is 11.4 Å². The molecule has 1 atom stereocenters. The topological polar surface area (TPSA) is 112 Å². The predicted octanol–water partition coefficient (Wildman–Crippen LogP) is 1.24. The first-order chi connectivity index (χ1) is 12.3. The second-order valence-corrected chi connectivity index (χ2v) is 5.96. The van der Waals surface area contributed by atoms with Gasteiger partial charge in [-0.2, -0.15) is 5.10 Å². The molecule has 2 heterocycles. The minimum Gasteiger partial charge on any atom is -0.466 e. The largest absolute Gasteiger partial charge is 0.466 e. The number of aryl methyl sites for hydroxylation is 2. The third-order valence-electron chi connectivity index (χ3n) is 4.16. The van der Waals surface area contributed by atoms with Gasteiger partial charge in [-0.1, -0.05) is 12.1 Å². The van der Waals surface area contributed by atoms with Gasteiger partial charge in [0, 0.05) is 7.05 Å². The molecule has 9 heteroatoms. The van der Waals surface area contributed by atoms with Gasteiger partial charge in [-0.15, -0.1) is 0 Å². The summed E-state index contributed by atoms with van der Waals surface area (Å²) in [7, 11) is 2.78. The zero-order chi connectivity index (χ0) is 19.1. The molecule has 1 unspecified atom stereocenters. The van der Waals surface area contributed by atoms with Crippen molar-refractivity contribution in [3.05, 3.63) is 35.7 Å². The third kappa shape index (κ3) is 2.67. The zero-order valence-electron chi connectivity index (χ0n) is 14.7. The number of anilines is 2. The fourth-order valence-corrected chi connectivity index (χ4v) is 2.69. The van der Waals surface area contributed by atoms with Gasteiger partial charge in [0.25, 0.3) is 17.4 Å². The molecule has 0 aliphatic carbocycles. The average molecular weight is 358 g/mol. The normalized spacial score (nSPS) is 18.4. The standard InChI is InChI=1S/C17H18N4O5/c1-9-12(13(14(22)25-4)21(3)20-9)19-16(24)17(2)15(23)18-10-7-5-6-8-11(10)26-17/h5-8H,1-4H3,(H,18,23)(H,19,24). The van der Waals surface area contributed by atoms with E-state index in [1.54, 1.807) is 38.2 Å². The SMILES string of the molecule is COC(=O)c1c(NC(=O)C2(C)Oc3ccccc3NC2=O)c(C)nn1C. The highest BCUT2D eigenvalue weighted by Gasteiger charge is 2.47. The Hall–Kier alpha value is -3.36. The molecule has 26 heavy (non-hydrogen) atoms. The summed E-state index contributed by atoms with van der Waals surface area (Å²) in [5.41, 5.74) is -0.694. The summed E-state index contributed by atoms with van der Waals surface area (Å²) in [6, 6.07) is 6.79. The molecule has 1 aromatic carbocycles. The summed E-state index contributed by atoms with van der Waals surface area (Å²) < 4.78 is 11.7. The summed E-state index contributed by atoms with van der Waals surface area (Å²) in [5.74, 6) is -1.63. The van der Waals surface area contributed by atoms with E-state index in [1.807, 2.05) is 0 Å². The highest BCUT2D eigenvalue weighted by Crippen LogP contribution is 2.34. The van der Waals surface area contributed by atoms with Crippen LogP contribution in [0.2, 0.25) is 0 Å². The smallest absolute Gasteiger partial charge is 0.358 e. The van der Waals surface area contributed by atoms with Gasteiger partial charge in [0.15, 0.2) is 5.69 Å². The van der Waals surface area contributed by atoms with E-state index in [2.05, 4.69) is 15.7 Å². The number of nitrogens with one attached hydrogen (secondary N) is 2. The van der Waals surface area contributed by atoms with Crippen molar-refractivity contribution in [3.63, 3.8) is 0 Å². The van der Waals surface area contributed by atoms with Crippen LogP contribution in [0.5, 0.6) is 5.75 Å². The molecule has 0 fully saturated rings. The zero-order valence-corrected chi connectivity index (χ0v) is 14.7. The minimum absolute atomic E-state index is 0.0681. The van der Waals surface area contributed by atoms with E-state index in [-0.39, 0.29) is 11.4 Å². The molecule has 1 aromatic heterocycles. The maximum absolute atomic E-state index is 12.8. The van der Waals surface area contributed by atoms with Gasteiger partial charge in [0.1, 0.15) is 5.75 Å². The van der Waals surface area contributed by atoms with Gasteiger partial charge in [-0.25, -0.2) is 4.79 Å². The van der Waals surface area contributed by atoms with Crippen LogP contribution in [0.3, 0.4) is 0 Å². The average Bonchev–Trinajstić information content (AvgIpc) is 2.88. The van der Waals surface area contributed by atoms with Crippen LogP contribution in [0.1, 0.15) is 23.1 Å². The van der Waals surface area contributed by atoms with E-state index in [0.717, 1.165) is 0 Å². The van der Waals surface area contributed by atoms with Gasteiger partial charge in [0.05, 0.1) is 24.2 Å². The molecule has 2 N–H and O–H groups in total. The number of hydrogen-bond donors (Lipinski definition) is 2. The number of amides is 2. The molecule has 2 aromatic rings. The molecule has 0 saturated heterocycles. The number of fused-ring (bicyclic) bond motifs is 1. The lowest BCUT2D eigenvalue weighted by molar-refractivity contribution is -0.143. The lowest BCUT2D eigenvalue weighted by Gasteiger charge is -2.33. The van der Waals surface area contributed by atoms with E-state index in [4.69, 9.17) is 9.47 Å². The van der Waals surface area contributed by atoms with E-state index in [1.165, 1.54) is 18.7 Å². The van der Waals surface area contributed by atoms with E-state index in [9.17, 15) is 14.4 Å². The number of benzene rings is 1. The molecule has 2 amide bonds. The summed E-state index contributed by atoms with van der Waals surface area (Å²) in [6.07, 6.45) is 0. The second-order valence-electron chi connectivity index (χ2n) is 5.96. The number of nitrogens with zero attached hydrogens (tertiary/aromatic N) is 2. The number of carbonyl (C=O) groups excluding carboxylic acids is 3. The maximum Gasteiger partial charge on any atom is 0.358 e. The van der Waals surface area contributed by atoms with Crippen molar-refractivity contribution in [3.8, 4) is 5.75 Å². The number of aromatic nitrogens is 2. The number of hydrogen-bond acceptors (Lipinski definition) is 6. The Labute approximate surface area is 149 Å². The number of esters is 1. The number of ether oxygens (including phenoxy) is 2. The Morgan fingerprint density at radius 2 is 2.04 bits per heavy atom. The third-order valence-corrected chi connectivity index (χ3v) is 4.16. The van der Waals surface area contributed by atoms with Gasteiger partial charge >= 0.3 is 5.97 Å². The van der Waals surface area contributed by atoms with Crippen molar-refractivity contribution in [1.29, 1.82) is 0 Å². The Bertz CT molecular complexity index is 920. The van der Waals surface area contributed by atoms with Crippen molar-refractivity contribution in [1.82, 2.24) is 9.78 Å². The van der Waals surface area contributed by atoms with Crippen LogP contribution in [-0.2, 0) is 21.4 Å². The molecular weight excluding hydrogens is 340 g/mol. The van der Waals surface area contributed by atoms with Crippen LogP contribution < -0.4 is 15.4 Å². The van der Waals surface area contributed by atoms with E-state index in [0.29, 0.717) is 17.1 Å². The first-order valence-corrected chi connectivity index (χ1v) is 7.80. The number of rotatable bonds is 3. The molecule has 1 aliphatic heterocycles. The fraction of sp³-hybridized carbons (Fsp3) is 0.294. The van der Waals surface area contributed by atoms with Crippen LogP contribution in [0.25, 0.3) is 0 Å². The molecule has 3 rings (SSSR count). The summed E-state index contributed by atoms with van der Waals surface area (Å²) in [5, 5.41) is 9.34. The number of carbonyl (C=O) groups is 3. The van der Waals surface area contributed by atoms with Gasteiger partial charge in [0.2, 0.25) is 0 Å². The van der Waals surface area contributed by atoms with Crippen LogP contribution in [0.15, 0.2) is 24.3 Å². The monoisotopic (exact) mass is 358 g/mol. The second kappa shape index (κ2) is 6.17. The molecule has 0 bridgehead atoms. The van der Waals surface area contributed by atoms with Crippen LogP contribution in [0, 0.1) is 6.92 Å². The van der Waals surface area contributed by atoms with E-state index < -0.39 is 23.4 Å². The fourth-order valence-electron chi connectivity index (χ4n) is 2.69. The summed E-state index contributed by atoms with van der Waals surface area (Å²) in [6.45, 7) is 2.98. The van der Waals surface area contributed by atoms with Gasteiger partial charge < -0.3 is 20.1 Å². The predicted molar refractivity (Wildman–Crippen MR) is 92.0 cm³/mol. The molecule has 9 nitrogen and oxygen atoms in total. The van der Waals surface area contributed by atoms with Crippen molar-refractivity contribution >= 4 is 29.2 Å². The Kier molecular flexibility index (Phi) is 4.15. The molecule has 0 spiro atoms. The van der Waals surface area contributed by atoms with Gasteiger partial charge in [-0.05, 0) is 26.0 Å². The van der Waals surface area contributed by atoms with Crippen molar-refractivity contribution in [2.24, 2.45) is 7.05 Å². The molecular formula is C17H18N4O5. The van der Waals surface area contributed by atoms with Crippen molar-refractivity contribution in [2.75, 3.05) is 17.7 Å². The molecule has 0 saturated carbocycles. The lowest BCUT2D eigenvalue weighted by Crippen LogP contribution is -2.56. The van der Waals surface area contributed by atoms with Crippen molar-refractivity contribution in [2.45, 2.75) is 19.4 Å². The minimum atomic E-state index is -1.82. The quantitative estimate of drug-likeness (QED) is 0.631. The summed E-state index contributed by atoms with van der Waals surface area (Å²) in [4.78, 5) is 37.3. The molecule has 136 valence electrons. The molecule has 1 aliphatic rings. The number of para-hydroxylation sites is 2. The maximum atomic E-state index is 12.8. The number of methoxy groups -OCH3 is 1. The van der Waals surface area contributed by atoms with Crippen LogP contribution in [-0.4, -0.2) is 40.3 Å². The van der Waals surface area contributed by atoms with Crippen LogP contribution >= 0.6 is 0 Å². The van der Waals surface area contributed by atoms with Gasteiger partial charge in [-0.3, -0.25) is 14.3 Å². The molecule has 0 radical (unpaired) electrons. The first kappa shape index (κ1) is 17.5. The lowest BCUT2D eigenvalue weighted by atomic mass is 10.0. The van der Waals surface area contributed by atoms with E-state index >= 15 is 0 Å².